The van der Waals surface area contributed by atoms with Crippen molar-refractivity contribution in [2.45, 2.75) is 180 Å². The number of aromatic nitrogens is 2. The molecule has 1 aromatic heterocycles. The minimum atomic E-state index is -5.44. The number of phosphoric acid groups is 2. The Kier molecular flexibility index (Phi) is 30.4. The molecule has 382 valence electrons. The topological polar surface area (TPSA) is 286 Å². The van der Waals surface area contributed by atoms with Gasteiger partial charge in [-0.2, -0.15) is 9.29 Å². The molecule has 19 nitrogen and oxygen atoms in total. The van der Waals surface area contributed by atoms with Gasteiger partial charge in [0.2, 0.25) is 0 Å². The number of aliphatic hydroxyl groups is 3. The van der Waals surface area contributed by atoms with Gasteiger partial charge >= 0.3 is 33.3 Å². The standard InChI is InChI=1S/C46H77N3O16P2/c1-4-5-27-37(50)28-23-19-15-10-8-6-7-9-11-16-20-24-29-41(51)60-33-38(63-42(52)30-25-21-17-13-12-14-18-22-26-36(2)3)34-61-66(56,57)65-67(58,59)62-35-39-43(53)44(54)45(64-39)49-32-31-40(47)48-46(49)55/h6-7,10-11,15-16,23,28,31-32,36-39,43-45,50,53-54H,4-5,8-9,12-14,17-22,24-27,29-30,33-35H2,1-3H3,(H,56,57)(H,58,59)(H2,47,48,55)/b7-6-,15-10-,16-11-,28-23-/t37-,38+,39+,43+,44+,45+/m0/s1. The summed E-state index contributed by atoms with van der Waals surface area (Å²) in [6, 6.07) is 1.24. The number of anilines is 1. The maximum Gasteiger partial charge on any atom is 0.481 e. The fourth-order valence-electron chi connectivity index (χ4n) is 6.68. The van der Waals surface area contributed by atoms with Gasteiger partial charge < -0.3 is 45.1 Å². The Bertz CT molecular complexity index is 1840. The number of carbonyl (C=O) groups excluding carboxylic acids is 2. The highest BCUT2D eigenvalue weighted by atomic mass is 31.3. The van der Waals surface area contributed by atoms with E-state index < -0.39 is 83.7 Å². The molecule has 2 heterocycles. The summed E-state index contributed by atoms with van der Waals surface area (Å²) in [5, 5.41) is 30.7. The van der Waals surface area contributed by atoms with Crippen molar-refractivity contribution < 1.29 is 71.4 Å². The number of hydrogen-bond acceptors (Lipinski definition) is 16. The Morgan fingerprint density at radius 2 is 1.40 bits per heavy atom. The number of aliphatic hydroxyl groups excluding tert-OH is 3. The van der Waals surface area contributed by atoms with E-state index in [4.69, 9.17) is 29.0 Å². The number of phosphoric ester groups is 2. The van der Waals surface area contributed by atoms with Crippen molar-refractivity contribution >= 4 is 33.4 Å². The van der Waals surface area contributed by atoms with Crippen LogP contribution in [0.15, 0.2) is 65.7 Å². The number of rotatable bonds is 37. The number of ether oxygens (including phenoxy) is 3. The first-order valence-corrected chi connectivity index (χ1v) is 26.6. The molecule has 0 radical (unpaired) electrons. The highest BCUT2D eigenvalue weighted by molar-refractivity contribution is 7.61. The van der Waals surface area contributed by atoms with Gasteiger partial charge in [0.05, 0.1) is 19.3 Å². The van der Waals surface area contributed by atoms with Crippen molar-refractivity contribution in [2.75, 3.05) is 25.6 Å². The average Bonchev–Trinajstić information content (AvgIpc) is 3.54. The van der Waals surface area contributed by atoms with E-state index in [0.29, 0.717) is 25.2 Å². The molecule has 1 fully saturated rings. The normalized spacial score (nSPS) is 20.6. The van der Waals surface area contributed by atoms with Crippen LogP contribution < -0.4 is 11.4 Å². The molecule has 0 bridgehead atoms. The Balaban J connectivity index is 1.85. The number of esters is 2. The fraction of sp³-hybridized carbons (Fsp3) is 0.696. The predicted molar refractivity (Wildman–Crippen MR) is 253 cm³/mol. The van der Waals surface area contributed by atoms with Gasteiger partial charge in [0, 0.05) is 19.0 Å². The second-order valence-corrected chi connectivity index (χ2v) is 19.9. The van der Waals surface area contributed by atoms with Gasteiger partial charge in [-0.15, -0.1) is 0 Å². The van der Waals surface area contributed by atoms with Crippen molar-refractivity contribution in [1.82, 2.24) is 9.55 Å². The Morgan fingerprint density at radius 3 is 2.04 bits per heavy atom. The van der Waals surface area contributed by atoms with E-state index in [0.717, 1.165) is 75.0 Å². The quantitative estimate of drug-likeness (QED) is 0.0160. The van der Waals surface area contributed by atoms with Crippen LogP contribution in [0.2, 0.25) is 0 Å². The van der Waals surface area contributed by atoms with Crippen molar-refractivity contribution in [3.05, 3.63) is 71.4 Å². The van der Waals surface area contributed by atoms with E-state index in [1.807, 2.05) is 36.5 Å². The molecule has 8 atom stereocenters. The lowest BCUT2D eigenvalue weighted by Gasteiger charge is -2.21. The number of carbonyl (C=O) groups is 2. The molecule has 0 spiro atoms. The van der Waals surface area contributed by atoms with Crippen molar-refractivity contribution in [1.29, 1.82) is 0 Å². The SMILES string of the molecule is CCCC[C@H](O)/C=C\C/C=C\C/C=C\C/C=C\CCCC(=O)OC[C@H](COP(=O)(O)OP(=O)(O)OC[C@H]1O[C@@H](n2ccc(N)nc2=O)[C@H](O)[C@@H]1O)OC(=O)CCCCCCCCCCC(C)C. The number of allylic oxidation sites excluding steroid dienone is 7. The highest BCUT2D eigenvalue weighted by Crippen LogP contribution is 2.60. The Morgan fingerprint density at radius 1 is 0.806 bits per heavy atom. The third-order valence-electron chi connectivity index (χ3n) is 10.4. The molecule has 2 unspecified atom stereocenters. The minimum Gasteiger partial charge on any atom is -0.462 e. The third kappa shape index (κ3) is 28.1. The summed E-state index contributed by atoms with van der Waals surface area (Å²) in [7, 11) is -10.9. The van der Waals surface area contributed by atoms with Crippen LogP contribution in [0.5, 0.6) is 0 Å². The van der Waals surface area contributed by atoms with Crippen LogP contribution in [0.1, 0.15) is 149 Å². The van der Waals surface area contributed by atoms with E-state index in [1.54, 1.807) is 0 Å². The van der Waals surface area contributed by atoms with Crippen LogP contribution in [0.25, 0.3) is 0 Å². The average molecular weight is 990 g/mol. The van der Waals surface area contributed by atoms with E-state index in [2.05, 4.69) is 42.2 Å². The summed E-state index contributed by atoms with van der Waals surface area (Å²) in [5.41, 5.74) is 4.57. The van der Waals surface area contributed by atoms with Crippen LogP contribution in [0.3, 0.4) is 0 Å². The Hall–Kier alpha value is -3.32. The lowest BCUT2D eigenvalue weighted by Crippen LogP contribution is -2.36. The van der Waals surface area contributed by atoms with E-state index in [9.17, 15) is 48.6 Å². The molecule has 1 aliphatic rings. The van der Waals surface area contributed by atoms with Gasteiger partial charge in [0.15, 0.2) is 12.3 Å². The van der Waals surface area contributed by atoms with Crippen LogP contribution >= 0.6 is 15.6 Å². The summed E-state index contributed by atoms with van der Waals surface area (Å²) >= 11 is 0. The largest absolute Gasteiger partial charge is 0.481 e. The molecular formula is C46H77N3O16P2. The first kappa shape index (κ1) is 59.8. The van der Waals surface area contributed by atoms with Gasteiger partial charge in [-0.25, -0.2) is 13.9 Å². The lowest BCUT2D eigenvalue weighted by molar-refractivity contribution is -0.161. The van der Waals surface area contributed by atoms with Gasteiger partial charge in [-0.05, 0) is 56.9 Å². The monoisotopic (exact) mass is 989 g/mol. The van der Waals surface area contributed by atoms with Gasteiger partial charge in [-0.3, -0.25) is 23.2 Å². The summed E-state index contributed by atoms with van der Waals surface area (Å²) in [4.78, 5) is 61.7. The first-order valence-electron chi connectivity index (χ1n) is 23.6. The third-order valence-corrected chi connectivity index (χ3v) is 13.0. The molecule has 0 aliphatic carbocycles. The zero-order chi connectivity index (χ0) is 49.5. The van der Waals surface area contributed by atoms with Crippen LogP contribution in [-0.2, 0) is 46.3 Å². The number of nitrogens with zero attached hydrogens (tertiary/aromatic N) is 2. The minimum absolute atomic E-state index is 0.0285. The smallest absolute Gasteiger partial charge is 0.462 e. The number of hydrogen-bond donors (Lipinski definition) is 6. The van der Waals surface area contributed by atoms with E-state index >= 15 is 0 Å². The zero-order valence-corrected chi connectivity index (χ0v) is 41.3. The van der Waals surface area contributed by atoms with E-state index in [1.165, 1.54) is 31.7 Å². The fourth-order valence-corrected chi connectivity index (χ4v) is 8.79. The molecule has 1 saturated heterocycles. The molecule has 1 aromatic rings. The summed E-state index contributed by atoms with van der Waals surface area (Å²) < 4.78 is 56.5. The predicted octanol–water partition coefficient (Wildman–Crippen LogP) is 7.82. The maximum absolute atomic E-state index is 12.8. The van der Waals surface area contributed by atoms with Crippen LogP contribution in [0.4, 0.5) is 5.82 Å². The second kappa shape index (κ2) is 34.1. The second-order valence-electron chi connectivity index (χ2n) is 16.9. The van der Waals surface area contributed by atoms with E-state index in [-0.39, 0.29) is 24.8 Å². The van der Waals surface area contributed by atoms with Gasteiger partial charge in [-0.1, -0.05) is 134 Å². The molecule has 0 amide bonds. The molecule has 21 heteroatoms. The highest BCUT2D eigenvalue weighted by Gasteiger charge is 2.46. The first-order chi connectivity index (χ1) is 31.9. The molecule has 0 aromatic carbocycles. The summed E-state index contributed by atoms with van der Waals surface area (Å²) in [6.45, 7) is 4.15. The summed E-state index contributed by atoms with van der Waals surface area (Å²) in [5.74, 6) is -0.692. The van der Waals surface area contributed by atoms with Gasteiger partial charge in [0.1, 0.15) is 30.7 Å². The molecule has 67 heavy (non-hydrogen) atoms. The van der Waals surface area contributed by atoms with Crippen molar-refractivity contribution in [3.63, 3.8) is 0 Å². The molecule has 2 rings (SSSR count). The lowest BCUT2D eigenvalue weighted by atomic mass is 10.0. The number of unbranched alkanes of at least 4 members (excludes halogenated alkanes) is 9. The van der Waals surface area contributed by atoms with Gasteiger partial charge in [0.25, 0.3) is 0 Å². The van der Waals surface area contributed by atoms with Crippen molar-refractivity contribution in [3.8, 4) is 0 Å². The summed E-state index contributed by atoms with van der Waals surface area (Å²) in [6.07, 6.45) is 24.3. The zero-order valence-electron chi connectivity index (χ0n) is 39.5. The number of nitrogens with two attached hydrogens (primary N) is 1. The molecule has 1 aliphatic heterocycles. The molecule has 7 N–H and O–H groups in total. The molecular weight excluding hydrogens is 912 g/mol. The maximum atomic E-state index is 12.8. The van der Waals surface area contributed by atoms with Crippen LogP contribution in [0, 0.1) is 5.92 Å². The van der Waals surface area contributed by atoms with Crippen LogP contribution in [-0.4, -0.2) is 96.9 Å². The Labute approximate surface area is 395 Å². The number of nitrogen functional groups attached to an aromatic ring is 1. The molecule has 0 saturated carbocycles. The van der Waals surface area contributed by atoms with Crippen molar-refractivity contribution in [2.24, 2.45) is 5.92 Å².